The Morgan fingerprint density at radius 2 is 1.74 bits per heavy atom. The summed E-state index contributed by atoms with van der Waals surface area (Å²) in [6.07, 6.45) is 0. The molecule has 6 nitrogen and oxygen atoms in total. The third-order valence-corrected chi connectivity index (χ3v) is 5.60. The highest BCUT2D eigenvalue weighted by Gasteiger charge is 2.44. The lowest BCUT2D eigenvalue weighted by Gasteiger charge is -2.55. The standard InChI is InChI=1S/C20H29ClN4O2/c1-14(2)22-19(27)23-9-10-25-17(11-23)12-24(13-20(25,3)4)18(26)15-5-7-16(21)8-6-15/h5-8,14,17H,9-13H2,1-4H3,(H,22,27)/t17-/m0/s1. The second-order valence-corrected chi connectivity index (χ2v) is 8.84. The van der Waals surface area contributed by atoms with Crippen LogP contribution >= 0.6 is 11.6 Å². The first-order valence-electron chi connectivity index (χ1n) is 9.54. The number of rotatable bonds is 2. The summed E-state index contributed by atoms with van der Waals surface area (Å²) in [6, 6.07) is 7.26. The van der Waals surface area contributed by atoms with E-state index >= 15 is 0 Å². The van der Waals surface area contributed by atoms with E-state index in [4.69, 9.17) is 11.6 Å². The second-order valence-electron chi connectivity index (χ2n) is 8.40. The Labute approximate surface area is 166 Å². The molecule has 27 heavy (non-hydrogen) atoms. The molecular weight excluding hydrogens is 364 g/mol. The molecule has 0 aromatic heterocycles. The largest absolute Gasteiger partial charge is 0.336 e. The topological polar surface area (TPSA) is 55.9 Å². The number of hydrogen-bond acceptors (Lipinski definition) is 3. The number of fused-ring (bicyclic) bond motifs is 1. The summed E-state index contributed by atoms with van der Waals surface area (Å²) in [4.78, 5) is 31.6. The van der Waals surface area contributed by atoms with Gasteiger partial charge in [0.15, 0.2) is 0 Å². The lowest BCUT2D eigenvalue weighted by Crippen LogP contribution is -2.71. The van der Waals surface area contributed by atoms with Crippen molar-refractivity contribution in [1.82, 2.24) is 20.0 Å². The lowest BCUT2D eigenvalue weighted by molar-refractivity contribution is -0.0482. The van der Waals surface area contributed by atoms with Crippen molar-refractivity contribution in [1.29, 1.82) is 0 Å². The van der Waals surface area contributed by atoms with Gasteiger partial charge in [0.1, 0.15) is 0 Å². The summed E-state index contributed by atoms with van der Waals surface area (Å²) in [6.45, 7) is 11.7. The Balaban J connectivity index is 1.74. The van der Waals surface area contributed by atoms with Crippen LogP contribution in [0.3, 0.4) is 0 Å². The van der Waals surface area contributed by atoms with Crippen LogP contribution in [0.4, 0.5) is 4.79 Å². The van der Waals surface area contributed by atoms with E-state index in [1.54, 1.807) is 24.3 Å². The average Bonchev–Trinajstić information content (AvgIpc) is 2.60. The Bertz CT molecular complexity index is 704. The van der Waals surface area contributed by atoms with Gasteiger partial charge in [0, 0.05) is 60.9 Å². The Kier molecular flexibility index (Phi) is 5.68. The van der Waals surface area contributed by atoms with Crippen molar-refractivity contribution in [3.8, 4) is 0 Å². The highest BCUT2D eigenvalue weighted by molar-refractivity contribution is 6.30. The quantitative estimate of drug-likeness (QED) is 0.841. The van der Waals surface area contributed by atoms with Crippen LogP contribution in [-0.2, 0) is 0 Å². The van der Waals surface area contributed by atoms with Crippen LogP contribution in [0, 0.1) is 0 Å². The molecule has 0 saturated carbocycles. The monoisotopic (exact) mass is 392 g/mol. The van der Waals surface area contributed by atoms with E-state index in [0.29, 0.717) is 36.8 Å². The first-order valence-corrected chi connectivity index (χ1v) is 9.92. The van der Waals surface area contributed by atoms with Crippen molar-refractivity contribution in [3.63, 3.8) is 0 Å². The maximum Gasteiger partial charge on any atom is 0.317 e. The third-order valence-electron chi connectivity index (χ3n) is 5.35. The van der Waals surface area contributed by atoms with Crippen molar-refractivity contribution in [2.24, 2.45) is 0 Å². The summed E-state index contributed by atoms with van der Waals surface area (Å²) in [7, 11) is 0. The molecule has 0 aliphatic carbocycles. The van der Waals surface area contributed by atoms with Crippen molar-refractivity contribution in [3.05, 3.63) is 34.9 Å². The highest BCUT2D eigenvalue weighted by atomic mass is 35.5. The third kappa shape index (κ3) is 4.38. The van der Waals surface area contributed by atoms with Gasteiger partial charge in [-0.2, -0.15) is 0 Å². The number of amides is 3. The van der Waals surface area contributed by atoms with E-state index in [2.05, 4.69) is 24.1 Å². The first kappa shape index (κ1) is 20.0. The fourth-order valence-electron chi connectivity index (χ4n) is 4.14. The van der Waals surface area contributed by atoms with Crippen LogP contribution in [0.25, 0.3) is 0 Å². The first-order chi connectivity index (χ1) is 12.7. The number of nitrogens with zero attached hydrogens (tertiary/aromatic N) is 3. The molecule has 3 amide bonds. The predicted octanol–water partition coefficient (Wildman–Crippen LogP) is 2.68. The Hall–Kier alpha value is -1.79. The molecule has 0 bridgehead atoms. The van der Waals surface area contributed by atoms with E-state index in [1.807, 2.05) is 23.6 Å². The Morgan fingerprint density at radius 1 is 1.11 bits per heavy atom. The molecule has 7 heteroatoms. The minimum absolute atomic E-state index is 0.0168. The summed E-state index contributed by atoms with van der Waals surface area (Å²) in [5.41, 5.74) is 0.514. The molecule has 3 rings (SSSR count). The fourth-order valence-corrected chi connectivity index (χ4v) is 4.26. The Morgan fingerprint density at radius 3 is 2.37 bits per heavy atom. The predicted molar refractivity (Wildman–Crippen MR) is 107 cm³/mol. The summed E-state index contributed by atoms with van der Waals surface area (Å²) >= 11 is 5.95. The average molecular weight is 393 g/mol. The van der Waals surface area contributed by atoms with E-state index in [1.165, 1.54) is 0 Å². The molecule has 1 aromatic rings. The van der Waals surface area contributed by atoms with Crippen molar-refractivity contribution in [2.45, 2.75) is 45.3 Å². The summed E-state index contributed by atoms with van der Waals surface area (Å²) in [5.74, 6) is 0.0168. The molecule has 2 fully saturated rings. The molecule has 2 aliphatic rings. The number of urea groups is 1. The van der Waals surface area contributed by atoms with Crippen LogP contribution in [0.1, 0.15) is 38.1 Å². The van der Waals surface area contributed by atoms with Crippen LogP contribution in [0.2, 0.25) is 5.02 Å². The zero-order chi connectivity index (χ0) is 19.8. The summed E-state index contributed by atoms with van der Waals surface area (Å²) in [5, 5.41) is 3.59. The molecule has 0 radical (unpaired) electrons. The molecule has 0 spiro atoms. The molecule has 2 heterocycles. The van der Waals surface area contributed by atoms with Crippen molar-refractivity contribution < 1.29 is 9.59 Å². The van der Waals surface area contributed by atoms with E-state index in [0.717, 1.165) is 6.54 Å². The molecule has 2 saturated heterocycles. The van der Waals surface area contributed by atoms with Crippen LogP contribution < -0.4 is 5.32 Å². The van der Waals surface area contributed by atoms with Crippen LogP contribution in [-0.4, -0.2) is 77.0 Å². The number of halogens is 1. The summed E-state index contributed by atoms with van der Waals surface area (Å²) < 4.78 is 0. The maximum absolute atomic E-state index is 13.0. The minimum Gasteiger partial charge on any atom is -0.336 e. The van der Waals surface area contributed by atoms with Crippen molar-refractivity contribution >= 4 is 23.5 Å². The van der Waals surface area contributed by atoms with Gasteiger partial charge >= 0.3 is 6.03 Å². The zero-order valence-corrected chi connectivity index (χ0v) is 17.3. The van der Waals surface area contributed by atoms with Crippen molar-refractivity contribution in [2.75, 3.05) is 32.7 Å². The van der Waals surface area contributed by atoms with Gasteiger partial charge in [-0.15, -0.1) is 0 Å². The smallest absolute Gasteiger partial charge is 0.317 e. The second kappa shape index (κ2) is 7.68. The zero-order valence-electron chi connectivity index (χ0n) is 16.5. The van der Waals surface area contributed by atoms with Gasteiger partial charge in [-0.25, -0.2) is 4.79 Å². The molecule has 1 N–H and O–H groups in total. The fraction of sp³-hybridized carbons (Fsp3) is 0.600. The van der Waals surface area contributed by atoms with Gasteiger partial charge in [-0.1, -0.05) is 11.6 Å². The minimum atomic E-state index is -0.133. The lowest BCUT2D eigenvalue weighted by atomic mass is 9.92. The number of piperazine rings is 2. The molecule has 148 valence electrons. The van der Waals surface area contributed by atoms with Gasteiger partial charge in [-0.05, 0) is 52.0 Å². The SMILES string of the molecule is CC(C)NC(=O)N1CCN2[C@@H](C1)CN(C(=O)c1ccc(Cl)cc1)CC2(C)C. The molecule has 1 atom stereocenters. The van der Waals surface area contributed by atoms with Gasteiger partial charge in [0.05, 0.1) is 0 Å². The number of carbonyl (C=O) groups excluding carboxylic acids is 2. The van der Waals surface area contributed by atoms with Gasteiger partial charge < -0.3 is 15.1 Å². The van der Waals surface area contributed by atoms with Gasteiger partial charge in [-0.3, -0.25) is 9.69 Å². The number of hydrogen-bond donors (Lipinski definition) is 1. The maximum atomic E-state index is 13.0. The van der Waals surface area contributed by atoms with Gasteiger partial charge in [0.2, 0.25) is 0 Å². The van der Waals surface area contributed by atoms with Crippen LogP contribution in [0.15, 0.2) is 24.3 Å². The number of carbonyl (C=O) groups is 2. The van der Waals surface area contributed by atoms with E-state index < -0.39 is 0 Å². The number of benzene rings is 1. The van der Waals surface area contributed by atoms with Gasteiger partial charge in [0.25, 0.3) is 5.91 Å². The molecular formula is C20H29ClN4O2. The highest BCUT2D eigenvalue weighted by Crippen LogP contribution is 2.29. The molecule has 2 aliphatic heterocycles. The van der Waals surface area contributed by atoms with E-state index in [-0.39, 0.29) is 29.6 Å². The van der Waals surface area contributed by atoms with E-state index in [9.17, 15) is 9.59 Å². The molecule has 1 aromatic carbocycles. The number of nitrogens with one attached hydrogen (secondary N) is 1. The van der Waals surface area contributed by atoms with Crippen LogP contribution in [0.5, 0.6) is 0 Å². The normalized spacial score (nSPS) is 22.5. The molecule has 0 unspecified atom stereocenters.